The van der Waals surface area contributed by atoms with Gasteiger partial charge in [0.05, 0.1) is 5.56 Å². The lowest BCUT2D eigenvalue weighted by Gasteiger charge is -2.03. The minimum absolute atomic E-state index is 0.419. The van der Waals surface area contributed by atoms with Crippen molar-refractivity contribution in [3.8, 4) is 0 Å². The molecule has 0 saturated carbocycles. The molecule has 0 nitrogen and oxygen atoms in total. The van der Waals surface area contributed by atoms with Crippen molar-refractivity contribution >= 4 is 33.6 Å². The molecule has 0 aliphatic heterocycles. The van der Waals surface area contributed by atoms with Crippen molar-refractivity contribution in [2.75, 3.05) is 0 Å². The van der Waals surface area contributed by atoms with Gasteiger partial charge in [-0.2, -0.15) is 0 Å². The third kappa shape index (κ3) is 2.48. The first-order valence-electron chi connectivity index (χ1n) is 3.96. The van der Waals surface area contributed by atoms with Gasteiger partial charge in [0.15, 0.2) is 23.3 Å². The maximum Gasteiger partial charge on any atom is 0.181 e. The van der Waals surface area contributed by atoms with Crippen LogP contribution in [0.1, 0.15) is 12.5 Å². The fraction of sp³-hybridized carbons (Fsp3) is 0.100. The molecular weight excluding hydrogens is 311 g/mol. The Balaban J connectivity index is 3.59. The minimum Gasteiger partial charge on any atom is -0.203 e. The Morgan fingerprint density at radius 1 is 1.12 bits per heavy atom. The largest absolute Gasteiger partial charge is 0.203 e. The lowest BCUT2D eigenvalue weighted by Crippen LogP contribution is -2.00. The van der Waals surface area contributed by atoms with Gasteiger partial charge in [-0.15, -0.1) is 5.73 Å². The van der Waals surface area contributed by atoms with Crippen molar-refractivity contribution in [1.82, 2.24) is 0 Å². The average molecular weight is 315 g/mol. The maximum atomic E-state index is 13.2. The standard InChI is InChI=1S/C10H4BrClF4/c1-4(11)2-3-5-7(13)9(15)6(12)10(16)8(5)14/h3H,1H3. The van der Waals surface area contributed by atoms with Gasteiger partial charge in [0.25, 0.3) is 0 Å². The molecule has 0 unspecified atom stereocenters. The van der Waals surface area contributed by atoms with Crippen LogP contribution < -0.4 is 0 Å². The summed E-state index contributed by atoms with van der Waals surface area (Å²) < 4.78 is 52.8. The highest BCUT2D eigenvalue weighted by Gasteiger charge is 2.22. The predicted octanol–water partition coefficient (Wildman–Crippen LogP) is 4.81. The van der Waals surface area contributed by atoms with Crippen molar-refractivity contribution in [1.29, 1.82) is 0 Å². The molecule has 0 heterocycles. The molecule has 86 valence electrons. The van der Waals surface area contributed by atoms with E-state index in [1.807, 2.05) is 0 Å². The number of halogens is 6. The van der Waals surface area contributed by atoms with Crippen molar-refractivity contribution in [3.05, 3.63) is 44.1 Å². The summed E-state index contributed by atoms with van der Waals surface area (Å²) in [5.41, 5.74) is 1.51. The van der Waals surface area contributed by atoms with E-state index in [0.29, 0.717) is 4.48 Å². The average Bonchev–Trinajstić information content (AvgIpc) is 2.23. The minimum atomic E-state index is -1.62. The van der Waals surface area contributed by atoms with Gasteiger partial charge in [-0.25, -0.2) is 17.6 Å². The van der Waals surface area contributed by atoms with E-state index < -0.39 is 33.9 Å². The number of rotatable bonds is 1. The molecule has 6 heteroatoms. The molecule has 0 aliphatic carbocycles. The second-order valence-corrected chi connectivity index (χ2v) is 4.37. The van der Waals surface area contributed by atoms with Gasteiger partial charge in [-0.05, 0) is 28.9 Å². The highest BCUT2D eigenvalue weighted by atomic mass is 79.9. The van der Waals surface area contributed by atoms with Gasteiger partial charge in [0.1, 0.15) is 5.02 Å². The van der Waals surface area contributed by atoms with Gasteiger partial charge in [-0.3, -0.25) is 0 Å². The molecule has 0 aliphatic rings. The Kier molecular flexibility index (Phi) is 4.19. The fourth-order valence-corrected chi connectivity index (χ4v) is 1.20. The van der Waals surface area contributed by atoms with E-state index in [1.54, 1.807) is 0 Å². The van der Waals surface area contributed by atoms with Crippen LogP contribution in [0.2, 0.25) is 5.02 Å². The van der Waals surface area contributed by atoms with Gasteiger partial charge in [0, 0.05) is 4.48 Å². The van der Waals surface area contributed by atoms with Crippen molar-refractivity contribution < 1.29 is 17.6 Å². The number of hydrogen-bond donors (Lipinski definition) is 0. The molecule has 0 saturated heterocycles. The van der Waals surface area contributed by atoms with Crippen LogP contribution in [0.25, 0.3) is 6.08 Å². The first-order valence-corrected chi connectivity index (χ1v) is 5.13. The highest BCUT2D eigenvalue weighted by Crippen LogP contribution is 2.28. The summed E-state index contributed by atoms with van der Waals surface area (Å²) in [5, 5.41) is -1.20. The van der Waals surface area contributed by atoms with Crippen molar-refractivity contribution in [2.45, 2.75) is 6.92 Å². The highest BCUT2D eigenvalue weighted by molar-refractivity contribution is 9.11. The quantitative estimate of drug-likeness (QED) is 0.302. The van der Waals surface area contributed by atoms with Crippen molar-refractivity contribution in [3.63, 3.8) is 0 Å². The summed E-state index contributed by atoms with van der Waals surface area (Å²) in [6.07, 6.45) is 0.789. The zero-order valence-electron chi connectivity index (χ0n) is 7.85. The van der Waals surface area contributed by atoms with Crippen LogP contribution in [-0.2, 0) is 0 Å². The SMILES string of the molecule is CC(Br)=C=Cc1c(F)c(F)c(Cl)c(F)c1F. The monoisotopic (exact) mass is 314 g/mol. The van der Waals surface area contributed by atoms with E-state index in [1.165, 1.54) is 6.92 Å². The fourth-order valence-electron chi connectivity index (χ4n) is 0.920. The summed E-state index contributed by atoms with van der Waals surface area (Å²) >= 11 is 7.99. The van der Waals surface area contributed by atoms with Crippen LogP contribution >= 0.6 is 27.5 Å². The first-order chi connectivity index (χ1) is 7.36. The molecule has 0 fully saturated rings. The summed E-state index contributed by atoms with van der Waals surface area (Å²) in [6, 6.07) is 0. The van der Waals surface area contributed by atoms with Crippen molar-refractivity contribution in [2.24, 2.45) is 0 Å². The maximum absolute atomic E-state index is 13.2. The molecule has 1 aromatic carbocycles. The zero-order chi connectivity index (χ0) is 12.5. The Morgan fingerprint density at radius 2 is 1.56 bits per heavy atom. The summed E-state index contributed by atoms with van der Waals surface area (Å²) in [4.78, 5) is 0. The summed E-state index contributed by atoms with van der Waals surface area (Å²) in [5.74, 6) is -6.35. The van der Waals surface area contributed by atoms with Gasteiger partial charge >= 0.3 is 0 Å². The smallest absolute Gasteiger partial charge is 0.181 e. The molecule has 0 spiro atoms. The van der Waals surface area contributed by atoms with E-state index in [0.717, 1.165) is 6.08 Å². The van der Waals surface area contributed by atoms with E-state index in [2.05, 4.69) is 21.7 Å². The zero-order valence-corrected chi connectivity index (χ0v) is 10.2. The number of hydrogen-bond acceptors (Lipinski definition) is 0. The molecule has 1 rings (SSSR count). The second-order valence-electron chi connectivity index (χ2n) is 2.81. The molecule has 0 atom stereocenters. The molecular formula is C10H4BrClF4. The van der Waals surface area contributed by atoms with Crippen LogP contribution in [0.15, 0.2) is 10.2 Å². The summed E-state index contributed by atoms with van der Waals surface area (Å²) in [7, 11) is 0. The Labute approximate surface area is 102 Å². The first kappa shape index (κ1) is 13.3. The Bertz CT molecular complexity index is 471. The lowest BCUT2D eigenvalue weighted by atomic mass is 10.1. The Hall–Kier alpha value is -0.770. The lowest BCUT2D eigenvalue weighted by molar-refractivity contribution is 0.452. The third-order valence-corrected chi connectivity index (χ3v) is 2.22. The summed E-state index contributed by atoms with van der Waals surface area (Å²) in [6.45, 7) is 1.54. The van der Waals surface area contributed by atoms with E-state index in [4.69, 9.17) is 11.6 Å². The molecule has 0 aromatic heterocycles. The molecule has 0 radical (unpaired) electrons. The Morgan fingerprint density at radius 3 is 1.94 bits per heavy atom. The normalized spacial score (nSPS) is 9.94. The number of benzene rings is 1. The number of allylic oxidation sites excluding steroid dienone is 1. The van der Waals surface area contributed by atoms with Gasteiger partial charge < -0.3 is 0 Å². The molecule has 0 amide bonds. The molecule has 0 N–H and O–H groups in total. The molecule has 1 aromatic rings. The predicted molar refractivity (Wildman–Crippen MR) is 57.4 cm³/mol. The van der Waals surface area contributed by atoms with Crippen LogP contribution in [0.5, 0.6) is 0 Å². The van der Waals surface area contributed by atoms with Gasteiger partial charge in [-0.1, -0.05) is 11.6 Å². The molecule has 16 heavy (non-hydrogen) atoms. The van der Waals surface area contributed by atoms with Crippen LogP contribution in [-0.4, -0.2) is 0 Å². The van der Waals surface area contributed by atoms with E-state index >= 15 is 0 Å². The van der Waals surface area contributed by atoms with Crippen LogP contribution in [0, 0.1) is 23.3 Å². The molecule has 0 bridgehead atoms. The third-order valence-electron chi connectivity index (χ3n) is 1.66. The van der Waals surface area contributed by atoms with Gasteiger partial charge in [0.2, 0.25) is 0 Å². The van der Waals surface area contributed by atoms with E-state index in [-0.39, 0.29) is 0 Å². The topological polar surface area (TPSA) is 0 Å². The van der Waals surface area contributed by atoms with E-state index in [9.17, 15) is 17.6 Å². The van der Waals surface area contributed by atoms with Crippen LogP contribution in [0.3, 0.4) is 0 Å². The van der Waals surface area contributed by atoms with Crippen LogP contribution in [0.4, 0.5) is 17.6 Å². The second kappa shape index (κ2) is 5.04.